The Kier molecular flexibility index (Phi) is 4.84. The minimum Gasteiger partial charge on any atom is -0.362 e. The van der Waals surface area contributed by atoms with E-state index in [0.29, 0.717) is 6.04 Å². The Hall–Kier alpha value is -0.180. The quantitative estimate of drug-likeness (QED) is 0.742. The highest BCUT2D eigenvalue weighted by Gasteiger charge is 2.14. The fourth-order valence-corrected chi connectivity index (χ4v) is 3.22. The molecular formula is C12H22N2S. The summed E-state index contributed by atoms with van der Waals surface area (Å²) in [5.41, 5.74) is 0. The van der Waals surface area contributed by atoms with Crippen molar-refractivity contribution in [2.75, 3.05) is 12.3 Å². The second kappa shape index (κ2) is 6.41. The van der Waals surface area contributed by atoms with Gasteiger partial charge in [0.2, 0.25) is 0 Å². The number of nitrogens with zero attached hydrogens (tertiary/aromatic N) is 1. The van der Waals surface area contributed by atoms with Crippen LogP contribution in [0.2, 0.25) is 0 Å². The van der Waals surface area contributed by atoms with Crippen LogP contribution in [0, 0.1) is 0 Å². The van der Waals surface area contributed by atoms with E-state index in [1.165, 1.54) is 62.3 Å². The lowest BCUT2D eigenvalue weighted by Crippen LogP contribution is -2.34. The topological polar surface area (TPSA) is 24.4 Å². The highest BCUT2D eigenvalue weighted by molar-refractivity contribution is 8.13. The molecule has 0 bridgehead atoms. The summed E-state index contributed by atoms with van der Waals surface area (Å²) in [7, 11) is 0. The van der Waals surface area contributed by atoms with Crippen LogP contribution in [0.3, 0.4) is 0 Å². The van der Waals surface area contributed by atoms with Gasteiger partial charge < -0.3 is 5.32 Å². The molecule has 2 aliphatic rings. The van der Waals surface area contributed by atoms with Gasteiger partial charge in [-0.05, 0) is 19.3 Å². The lowest BCUT2D eigenvalue weighted by molar-refractivity contribution is 0.429. The van der Waals surface area contributed by atoms with E-state index in [9.17, 15) is 0 Å². The highest BCUT2D eigenvalue weighted by Crippen LogP contribution is 2.19. The second-order valence-electron chi connectivity index (χ2n) is 4.58. The molecule has 0 unspecified atom stereocenters. The van der Waals surface area contributed by atoms with Crippen LogP contribution in [-0.2, 0) is 0 Å². The molecule has 0 atom stereocenters. The smallest absolute Gasteiger partial charge is 0.156 e. The number of nitrogens with one attached hydrogen (secondary N) is 1. The third-order valence-corrected chi connectivity index (χ3v) is 4.24. The molecule has 1 fully saturated rings. The molecule has 1 saturated carbocycles. The molecule has 0 aromatic rings. The van der Waals surface area contributed by atoms with Crippen molar-refractivity contribution < 1.29 is 0 Å². The van der Waals surface area contributed by atoms with E-state index in [1.807, 2.05) is 11.8 Å². The van der Waals surface area contributed by atoms with Crippen LogP contribution in [0.1, 0.15) is 51.4 Å². The molecule has 0 aromatic heterocycles. The Labute approximate surface area is 97.3 Å². The monoisotopic (exact) mass is 226 g/mol. The molecule has 0 saturated heterocycles. The molecule has 1 aliphatic heterocycles. The minimum absolute atomic E-state index is 0.703. The van der Waals surface area contributed by atoms with Crippen molar-refractivity contribution in [2.24, 2.45) is 4.99 Å². The van der Waals surface area contributed by atoms with Crippen molar-refractivity contribution in [3.05, 3.63) is 0 Å². The third kappa shape index (κ3) is 4.06. The van der Waals surface area contributed by atoms with E-state index in [1.54, 1.807) is 0 Å². The van der Waals surface area contributed by atoms with E-state index in [-0.39, 0.29) is 0 Å². The predicted octanol–water partition coefficient (Wildman–Crippen LogP) is 3.18. The van der Waals surface area contributed by atoms with Crippen molar-refractivity contribution >= 4 is 16.9 Å². The minimum atomic E-state index is 0.703. The third-order valence-electron chi connectivity index (χ3n) is 3.23. The summed E-state index contributed by atoms with van der Waals surface area (Å²) in [6.45, 7) is 1.03. The van der Waals surface area contributed by atoms with Crippen molar-refractivity contribution in [2.45, 2.75) is 57.4 Å². The molecular weight excluding hydrogens is 204 g/mol. The van der Waals surface area contributed by atoms with E-state index in [0.717, 1.165) is 6.54 Å². The molecule has 0 aromatic carbocycles. The standard InChI is InChI=1S/C12H22N2S/c1-2-4-7-11(8-5-3-1)14-12-13-9-6-10-15-12/h11H,1-10H2,(H,13,14). The SMILES string of the molecule is C1CCCC(NC2=NCCCS2)CCC1. The van der Waals surface area contributed by atoms with E-state index >= 15 is 0 Å². The van der Waals surface area contributed by atoms with Gasteiger partial charge >= 0.3 is 0 Å². The van der Waals surface area contributed by atoms with Gasteiger partial charge in [0.25, 0.3) is 0 Å². The van der Waals surface area contributed by atoms with Gasteiger partial charge in [-0.15, -0.1) is 0 Å². The second-order valence-corrected chi connectivity index (χ2v) is 5.66. The van der Waals surface area contributed by atoms with Crippen molar-refractivity contribution in [3.8, 4) is 0 Å². The maximum absolute atomic E-state index is 4.55. The van der Waals surface area contributed by atoms with Crippen LogP contribution in [0.5, 0.6) is 0 Å². The zero-order valence-electron chi connectivity index (χ0n) is 9.50. The predicted molar refractivity (Wildman–Crippen MR) is 68.6 cm³/mol. The first-order valence-electron chi connectivity index (χ1n) is 6.39. The van der Waals surface area contributed by atoms with Gasteiger partial charge in [-0.25, -0.2) is 0 Å². The molecule has 86 valence electrons. The number of rotatable bonds is 1. The molecule has 0 amide bonds. The van der Waals surface area contributed by atoms with Gasteiger partial charge in [0.1, 0.15) is 0 Å². The summed E-state index contributed by atoms with van der Waals surface area (Å²) in [5.74, 6) is 1.25. The summed E-state index contributed by atoms with van der Waals surface area (Å²) < 4.78 is 0. The molecule has 2 nitrogen and oxygen atoms in total. The summed E-state index contributed by atoms with van der Waals surface area (Å²) in [4.78, 5) is 4.55. The molecule has 0 spiro atoms. The molecule has 1 N–H and O–H groups in total. The lowest BCUT2D eigenvalue weighted by Gasteiger charge is -2.23. The average molecular weight is 226 g/mol. The first-order valence-corrected chi connectivity index (χ1v) is 7.37. The van der Waals surface area contributed by atoms with Gasteiger partial charge in [-0.1, -0.05) is 43.9 Å². The molecule has 1 heterocycles. The van der Waals surface area contributed by atoms with Gasteiger partial charge in [0, 0.05) is 18.3 Å². The van der Waals surface area contributed by atoms with Crippen molar-refractivity contribution in [1.82, 2.24) is 5.32 Å². The number of hydrogen-bond donors (Lipinski definition) is 1. The molecule has 1 aliphatic carbocycles. The Morgan fingerprint density at radius 3 is 2.40 bits per heavy atom. The summed E-state index contributed by atoms with van der Waals surface area (Å²) in [6.07, 6.45) is 11.0. The molecule has 0 radical (unpaired) electrons. The normalized spacial score (nSPS) is 25.2. The Morgan fingerprint density at radius 2 is 1.73 bits per heavy atom. The first kappa shape index (κ1) is 11.3. The van der Waals surface area contributed by atoms with Crippen LogP contribution in [0.25, 0.3) is 0 Å². The summed E-state index contributed by atoms with van der Waals surface area (Å²) in [6, 6.07) is 0.703. The summed E-state index contributed by atoms with van der Waals surface area (Å²) >= 11 is 1.91. The van der Waals surface area contributed by atoms with E-state index < -0.39 is 0 Å². The van der Waals surface area contributed by atoms with Gasteiger partial charge in [-0.2, -0.15) is 0 Å². The first-order chi connectivity index (χ1) is 7.45. The average Bonchev–Trinajstić information content (AvgIpc) is 2.23. The number of amidine groups is 1. The maximum atomic E-state index is 4.55. The van der Waals surface area contributed by atoms with Crippen LogP contribution in [0.4, 0.5) is 0 Å². The van der Waals surface area contributed by atoms with E-state index in [2.05, 4.69) is 10.3 Å². The Balaban J connectivity index is 1.78. The number of thioether (sulfide) groups is 1. The number of aliphatic imine (C=N–C) groups is 1. The number of hydrogen-bond acceptors (Lipinski definition) is 3. The fraction of sp³-hybridized carbons (Fsp3) is 0.917. The van der Waals surface area contributed by atoms with Crippen LogP contribution >= 0.6 is 11.8 Å². The highest BCUT2D eigenvalue weighted by atomic mass is 32.2. The zero-order chi connectivity index (χ0) is 10.3. The van der Waals surface area contributed by atoms with Crippen LogP contribution < -0.4 is 5.32 Å². The Bertz CT molecular complexity index is 208. The van der Waals surface area contributed by atoms with Gasteiger partial charge in [0.15, 0.2) is 5.17 Å². The maximum Gasteiger partial charge on any atom is 0.156 e. The lowest BCUT2D eigenvalue weighted by atomic mass is 9.97. The van der Waals surface area contributed by atoms with Gasteiger partial charge in [-0.3, -0.25) is 4.99 Å². The summed E-state index contributed by atoms with van der Waals surface area (Å²) in [5, 5.41) is 4.85. The van der Waals surface area contributed by atoms with E-state index in [4.69, 9.17) is 0 Å². The Morgan fingerprint density at radius 1 is 1.00 bits per heavy atom. The molecule has 3 heteroatoms. The zero-order valence-corrected chi connectivity index (χ0v) is 10.3. The molecule has 2 rings (SSSR count). The van der Waals surface area contributed by atoms with Crippen molar-refractivity contribution in [3.63, 3.8) is 0 Å². The van der Waals surface area contributed by atoms with Crippen LogP contribution in [-0.4, -0.2) is 23.5 Å². The van der Waals surface area contributed by atoms with Crippen molar-refractivity contribution in [1.29, 1.82) is 0 Å². The largest absolute Gasteiger partial charge is 0.362 e. The fourth-order valence-electron chi connectivity index (χ4n) is 2.32. The van der Waals surface area contributed by atoms with Gasteiger partial charge in [0.05, 0.1) is 0 Å². The van der Waals surface area contributed by atoms with Crippen LogP contribution in [0.15, 0.2) is 4.99 Å². The molecule has 15 heavy (non-hydrogen) atoms.